The Kier molecular flexibility index (Phi) is 3.95. The largest absolute Gasteiger partial charge is 0.462 e. The molecule has 1 aromatic heterocycles. The number of rotatable bonds is 3. The van der Waals surface area contributed by atoms with E-state index in [-0.39, 0.29) is 22.8 Å². The first-order chi connectivity index (χ1) is 7.52. The second kappa shape index (κ2) is 5.03. The number of nitrogens with zero attached hydrogens (tertiary/aromatic N) is 1. The molecular weight excluding hydrogens is 232 g/mol. The van der Waals surface area contributed by atoms with Crippen molar-refractivity contribution in [2.45, 2.75) is 6.92 Å². The summed E-state index contributed by atoms with van der Waals surface area (Å²) in [7, 11) is 3.15. The van der Waals surface area contributed by atoms with E-state index in [1.165, 1.54) is 10.6 Å². The maximum atomic E-state index is 11.6. The van der Waals surface area contributed by atoms with Crippen LogP contribution in [0.1, 0.15) is 17.3 Å². The summed E-state index contributed by atoms with van der Waals surface area (Å²) >= 11 is 5.86. The average molecular weight is 245 g/mol. The molecule has 0 bridgehead atoms. The van der Waals surface area contributed by atoms with Gasteiger partial charge in [0.2, 0.25) is 0 Å². The molecule has 88 valence electrons. The lowest BCUT2D eigenvalue weighted by Gasteiger charge is -2.13. The summed E-state index contributed by atoms with van der Waals surface area (Å²) in [5.41, 5.74) is -0.115. The molecule has 0 saturated heterocycles. The zero-order valence-corrected chi connectivity index (χ0v) is 10.1. The monoisotopic (exact) mass is 244 g/mol. The van der Waals surface area contributed by atoms with E-state index >= 15 is 0 Å². The number of hydrogen-bond acceptors (Lipinski definition) is 4. The van der Waals surface area contributed by atoms with Crippen molar-refractivity contribution >= 4 is 23.4 Å². The molecule has 0 saturated carbocycles. The van der Waals surface area contributed by atoms with E-state index in [1.54, 1.807) is 21.0 Å². The van der Waals surface area contributed by atoms with Crippen LogP contribution in [0.25, 0.3) is 0 Å². The first-order valence-electron chi connectivity index (χ1n) is 4.77. The van der Waals surface area contributed by atoms with Gasteiger partial charge in [-0.3, -0.25) is 9.36 Å². The van der Waals surface area contributed by atoms with Gasteiger partial charge >= 0.3 is 5.97 Å². The van der Waals surface area contributed by atoms with E-state index in [4.69, 9.17) is 16.3 Å². The topological polar surface area (TPSA) is 60.3 Å². The lowest BCUT2D eigenvalue weighted by molar-refractivity contribution is 0.0527. The van der Waals surface area contributed by atoms with Crippen LogP contribution >= 0.6 is 11.6 Å². The summed E-state index contributed by atoms with van der Waals surface area (Å²) in [6.07, 6.45) is 0. The van der Waals surface area contributed by atoms with Crippen molar-refractivity contribution in [3.63, 3.8) is 0 Å². The fourth-order valence-corrected chi connectivity index (χ4v) is 1.62. The van der Waals surface area contributed by atoms with Gasteiger partial charge < -0.3 is 10.1 Å². The summed E-state index contributed by atoms with van der Waals surface area (Å²) in [5.74, 6) is -0.205. The number of halogens is 1. The number of pyridine rings is 1. The molecular formula is C10H13ClN2O3. The van der Waals surface area contributed by atoms with Crippen LogP contribution in [-0.2, 0) is 11.8 Å². The van der Waals surface area contributed by atoms with Crippen molar-refractivity contribution in [3.8, 4) is 0 Å². The molecule has 5 nitrogen and oxygen atoms in total. The zero-order valence-electron chi connectivity index (χ0n) is 9.33. The Hall–Kier alpha value is -1.49. The molecule has 1 aromatic rings. The highest BCUT2D eigenvalue weighted by Crippen LogP contribution is 2.22. The Morgan fingerprint density at radius 2 is 2.25 bits per heavy atom. The van der Waals surface area contributed by atoms with Gasteiger partial charge in [0, 0.05) is 20.2 Å². The average Bonchev–Trinajstić information content (AvgIpc) is 2.23. The normalized spacial score (nSPS) is 10.0. The van der Waals surface area contributed by atoms with Crippen molar-refractivity contribution < 1.29 is 9.53 Å². The number of anilines is 1. The predicted octanol–water partition coefficient (Wildman–Crippen LogP) is 1.26. The number of carbonyl (C=O) groups excluding carboxylic acids is 1. The van der Waals surface area contributed by atoms with Crippen LogP contribution in [0.2, 0.25) is 5.02 Å². The van der Waals surface area contributed by atoms with Crippen LogP contribution in [0.5, 0.6) is 0 Å². The second-order valence-corrected chi connectivity index (χ2v) is 3.49. The van der Waals surface area contributed by atoms with Crippen LogP contribution in [0.15, 0.2) is 10.9 Å². The quantitative estimate of drug-likeness (QED) is 0.814. The number of hydrogen-bond donors (Lipinski definition) is 1. The molecule has 0 atom stereocenters. The number of nitrogens with one attached hydrogen (secondary N) is 1. The molecule has 0 fully saturated rings. The first kappa shape index (κ1) is 12.6. The molecule has 16 heavy (non-hydrogen) atoms. The predicted molar refractivity (Wildman–Crippen MR) is 62.2 cm³/mol. The van der Waals surface area contributed by atoms with Crippen LogP contribution in [0.4, 0.5) is 5.82 Å². The van der Waals surface area contributed by atoms with E-state index in [0.717, 1.165) is 0 Å². The minimum absolute atomic E-state index is 0.0888. The highest BCUT2D eigenvalue weighted by atomic mass is 35.5. The van der Waals surface area contributed by atoms with Gasteiger partial charge in [-0.05, 0) is 6.92 Å². The van der Waals surface area contributed by atoms with E-state index in [9.17, 15) is 9.59 Å². The van der Waals surface area contributed by atoms with Crippen molar-refractivity contribution in [2.24, 2.45) is 7.05 Å². The SMILES string of the molecule is CCOC(=O)c1c(Cl)cc(=O)n(C)c1NC. The summed E-state index contributed by atoms with van der Waals surface area (Å²) < 4.78 is 6.17. The Morgan fingerprint density at radius 1 is 1.62 bits per heavy atom. The van der Waals surface area contributed by atoms with Crippen molar-refractivity contribution in [2.75, 3.05) is 19.0 Å². The Labute approximate surface area is 98.0 Å². The number of esters is 1. The highest BCUT2D eigenvalue weighted by molar-refractivity contribution is 6.34. The third-order valence-electron chi connectivity index (χ3n) is 2.11. The van der Waals surface area contributed by atoms with Gasteiger partial charge in [0.25, 0.3) is 5.56 Å². The van der Waals surface area contributed by atoms with Gasteiger partial charge in [-0.1, -0.05) is 11.6 Å². The minimum Gasteiger partial charge on any atom is -0.462 e. The molecule has 0 amide bonds. The fraction of sp³-hybridized carbons (Fsp3) is 0.400. The molecule has 0 aliphatic rings. The van der Waals surface area contributed by atoms with E-state index < -0.39 is 5.97 Å². The van der Waals surface area contributed by atoms with Crippen molar-refractivity contribution in [1.29, 1.82) is 0 Å². The Bertz CT molecular complexity index is 468. The van der Waals surface area contributed by atoms with Gasteiger partial charge in [0.15, 0.2) is 0 Å². The molecule has 1 N–H and O–H groups in total. The van der Waals surface area contributed by atoms with Gasteiger partial charge in [-0.25, -0.2) is 4.79 Å². The summed E-state index contributed by atoms with van der Waals surface area (Å²) in [6.45, 7) is 1.95. The van der Waals surface area contributed by atoms with Crippen LogP contribution in [0.3, 0.4) is 0 Å². The molecule has 0 aliphatic carbocycles. The van der Waals surface area contributed by atoms with Gasteiger partial charge in [-0.15, -0.1) is 0 Å². The first-order valence-corrected chi connectivity index (χ1v) is 5.15. The standard InChI is InChI=1S/C10H13ClN2O3/c1-4-16-10(15)8-6(11)5-7(14)13(3)9(8)12-2/h5,12H,4H2,1-3H3. The Morgan fingerprint density at radius 3 is 2.75 bits per heavy atom. The number of aromatic nitrogens is 1. The minimum atomic E-state index is -0.549. The molecule has 0 spiro atoms. The van der Waals surface area contributed by atoms with Gasteiger partial charge in [0.05, 0.1) is 11.6 Å². The van der Waals surface area contributed by atoms with E-state index in [2.05, 4.69) is 5.32 Å². The third-order valence-corrected chi connectivity index (χ3v) is 2.41. The van der Waals surface area contributed by atoms with Gasteiger partial charge in [0.1, 0.15) is 11.4 Å². The molecule has 0 unspecified atom stereocenters. The van der Waals surface area contributed by atoms with Crippen molar-refractivity contribution in [1.82, 2.24) is 4.57 Å². The fourth-order valence-electron chi connectivity index (χ4n) is 1.36. The van der Waals surface area contributed by atoms with E-state index in [1.807, 2.05) is 0 Å². The van der Waals surface area contributed by atoms with Gasteiger partial charge in [-0.2, -0.15) is 0 Å². The second-order valence-electron chi connectivity index (χ2n) is 3.08. The smallest absolute Gasteiger partial charge is 0.343 e. The highest BCUT2D eigenvalue weighted by Gasteiger charge is 2.19. The molecule has 1 rings (SSSR count). The summed E-state index contributed by atoms with van der Waals surface area (Å²) in [4.78, 5) is 23.1. The molecule has 0 aliphatic heterocycles. The Balaban J connectivity index is 3.42. The molecule has 1 heterocycles. The van der Waals surface area contributed by atoms with E-state index in [0.29, 0.717) is 5.82 Å². The molecule has 0 aromatic carbocycles. The maximum Gasteiger partial charge on any atom is 0.343 e. The number of carbonyl (C=O) groups is 1. The molecule has 0 radical (unpaired) electrons. The zero-order chi connectivity index (χ0) is 12.3. The van der Waals surface area contributed by atoms with Crippen LogP contribution in [0, 0.1) is 0 Å². The lowest BCUT2D eigenvalue weighted by Crippen LogP contribution is -2.23. The van der Waals surface area contributed by atoms with Crippen molar-refractivity contribution in [3.05, 3.63) is 27.0 Å². The molecule has 6 heteroatoms. The van der Waals surface area contributed by atoms with Crippen LogP contribution < -0.4 is 10.9 Å². The third kappa shape index (κ3) is 2.19. The van der Waals surface area contributed by atoms with Crippen LogP contribution in [-0.4, -0.2) is 24.2 Å². The summed E-state index contributed by atoms with van der Waals surface area (Å²) in [5, 5.41) is 2.85. The maximum absolute atomic E-state index is 11.6. The summed E-state index contributed by atoms with van der Waals surface area (Å²) in [6, 6.07) is 1.19. The number of ether oxygens (including phenoxy) is 1. The lowest BCUT2D eigenvalue weighted by atomic mass is 10.2.